The highest BCUT2D eigenvalue weighted by Gasteiger charge is 2.46. The summed E-state index contributed by atoms with van der Waals surface area (Å²) in [6, 6.07) is 17.5. The summed E-state index contributed by atoms with van der Waals surface area (Å²) in [7, 11) is 0. The largest absolute Gasteiger partial charge is 0.490 e. The summed E-state index contributed by atoms with van der Waals surface area (Å²) < 4.78 is 79.2. The molecule has 0 saturated carbocycles. The maximum atomic E-state index is 13.2. The van der Waals surface area contributed by atoms with Crippen molar-refractivity contribution < 1.29 is 50.5 Å². The number of aromatic nitrogens is 2. The molecule has 0 bridgehead atoms. The van der Waals surface area contributed by atoms with Crippen molar-refractivity contribution in [1.29, 1.82) is 0 Å². The number of likely N-dealkylation sites (N-methyl/N-ethyl adjacent to an activating group) is 1. The van der Waals surface area contributed by atoms with Crippen molar-refractivity contribution >= 4 is 11.9 Å². The molecular formula is C29H31F7N4O4. The SMILES string of the molecule is CCN1CCn2c(-c3ccccc3)cnc2C12CCN(Cc1ccc(F)cc1)CC2.O=C(O)C(F)(F)F.O=C(O)C(F)(F)F. The Morgan fingerprint density at radius 1 is 0.841 bits per heavy atom. The number of piperidine rings is 1. The molecule has 1 spiro atoms. The zero-order valence-corrected chi connectivity index (χ0v) is 23.6. The van der Waals surface area contributed by atoms with Gasteiger partial charge < -0.3 is 14.8 Å². The van der Waals surface area contributed by atoms with Gasteiger partial charge in [0.25, 0.3) is 0 Å². The number of nitrogens with zero attached hydrogens (tertiary/aromatic N) is 4. The van der Waals surface area contributed by atoms with Crippen molar-refractivity contribution in [2.24, 2.45) is 0 Å². The lowest BCUT2D eigenvalue weighted by molar-refractivity contribution is -0.193. The molecule has 0 unspecified atom stereocenters. The second-order valence-corrected chi connectivity index (χ2v) is 10.1. The molecular weight excluding hydrogens is 601 g/mol. The molecule has 3 aromatic rings. The fourth-order valence-corrected chi connectivity index (χ4v) is 5.32. The first-order chi connectivity index (χ1) is 20.6. The van der Waals surface area contributed by atoms with Gasteiger partial charge in [-0.25, -0.2) is 19.0 Å². The van der Waals surface area contributed by atoms with Gasteiger partial charge >= 0.3 is 24.3 Å². The van der Waals surface area contributed by atoms with Crippen LogP contribution in [-0.4, -0.2) is 80.0 Å². The molecule has 5 rings (SSSR count). The second-order valence-electron chi connectivity index (χ2n) is 10.1. The van der Waals surface area contributed by atoms with Gasteiger partial charge in [0, 0.05) is 32.7 Å². The Labute approximate surface area is 248 Å². The van der Waals surface area contributed by atoms with Crippen LogP contribution >= 0.6 is 0 Å². The van der Waals surface area contributed by atoms with Gasteiger partial charge in [-0.15, -0.1) is 0 Å². The Morgan fingerprint density at radius 2 is 1.36 bits per heavy atom. The number of carboxylic acids is 2. The molecule has 0 radical (unpaired) electrons. The molecule has 0 aliphatic carbocycles. The highest BCUT2D eigenvalue weighted by molar-refractivity contribution is 5.73. The molecule has 2 aliphatic heterocycles. The minimum absolute atomic E-state index is 0.0132. The average Bonchev–Trinajstić information content (AvgIpc) is 3.41. The zero-order valence-electron chi connectivity index (χ0n) is 23.6. The molecule has 240 valence electrons. The molecule has 2 aromatic carbocycles. The number of carbonyl (C=O) groups is 2. The highest BCUT2D eigenvalue weighted by atomic mass is 19.4. The number of benzene rings is 2. The molecule has 1 fully saturated rings. The summed E-state index contributed by atoms with van der Waals surface area (Å²) in [6.07, 6.45) is -5.95. The summed E-state index contributed by atoms with van der Waals surface area (Å²) in [5.41, 5.74) is 3.66. The van der Waals surface area contributed by atoms with Gasteiger partial charge in [-0.1, -0.05) is 49.4 Å². The summed E-state index contributed by atoms with van der Waals surface area (Å²) in [4.78, 5) is 27.9. The van der Waals surface area contributed by atoms with Crippen molar-refractivity contribution in [2.45, 2.75) is 50.7 Å². The summed E-state index contributed by atoms with van der Waals surface area (Å²) in [6.45, 7) is 8.32. The Hall–Kier alpha value is -3.98. The van der Waals surface area contributed by atoms with E-state index in [-0.39, 0.29) is 11.4 Å². The number of carboxylic acid groups (broad SMARTS) is 2. The van der Waals surface area contributed by atoms with Gasteiger partial charge in [0.05, 0.1) is 17.4 Å². The van der Waals surface area contributed by atoms with E-state index in [2.05, 4.69) is 57.8 Å². The molecule has 44 heavy (non-hydrogen) atoms. The molecule has 0 atom stereocenters. The molecule has 0 amide bonds. The standard InChI is InChI=1S/C25H29FN4.2C2HF3O2/c1-2-29-16-17-30-23(21-6-4-3-5-7-21)18-27-24(30)25(29)12-14-28(15-13-25)19-20-8-10-22(26)11-9-20;2*3-2(4,5)1(6)7/h3-11,18H,2,12-17,19H2,1H3;2*(H,6,7). The summed E-state index contributed by atoms with van der Waals surface area (Å²) in [5, 5.41) is 14.2. The highest BCUT2D eigenvalue weighted by Crippen LogP contribution is 2.42. The third-order valence-electron chi connectivity index (χ3n) is 7.41. The number of hydrogen-bond donors (Lipinski definition) is 2. The number of alkyl halides is 6. The van der Waals surface area contributed by atoms with Crippen molar-refractivity contribution in [1.82, 2.24) is 19.4 Å². The maximum Gasteiger partial charge on any atom is 0.490 e. The van der Waals surface area contributed by atoms with E-state index in [1.54, 1.807) is 12.1 Å². The van der Waals surface area contributed by atoms with Gasteiger partial charge in [0.2, 0.25) is 0 Å². The van der Waals surface area contributed by atoms with Gasteiger partial charge in [-0.2, -0.15) is 26.3 Å². The fourth-order valence-electron chi connectivity index (χ4n) is 5.32. The van der Waals surface area contributed by atoms with Crippen LogP contribution in [0.2, 0.25) is 0 Å². The van der Waals surface area contributed by atoms with Crippen LogP contribution < -0.4 is 0 Å². The average molecular weight is 633 g/mol. The van der Waals surface area contributed by atoms with Crippen LogP contribution in [0.4, 0.5) is 30.7 Å². The van der Waals surface area contributed by atoms with E-state index in [1.807, 2.05) is 12.1 Å². The number of imidazole rings is 1. The molecule has 1 aromatic heterocycles. The summed E-state index contributed by atoms with van der Waals surface area (Å²) >= 11 is 0. The smallest absolute Gasteiger partial charge is 0.475 e. The number of hydrogen-bond acceptors (Lipinski definition) is 5. The molecule has 15 heteroatoms. The van der Waals surface area contributed by atoms with Crippen LogP contribution in [0.25, 0.3) is 11.3 Å². The monoisotopic (exact) mass is 632 g/mol. The Balaban J connectivity index is 0.000000317. The Morgan fingerprint density at radius 3 is 1.84 bits per heavy atom. The number of rotatable bonds is 4. The van der Waals surface area contributed by atoms with Gasteiger partial charge in [0.15, 0.2) is 0 Å². The second kappa shape index (κ2) is 14.2. The third kappa shape index (κ3) is 8.56. The van der Waals surface area contributed by atoms with Gasteiger partial charge in [0.1, 0.15) is 11.6 Å². The number of halogens is 7. The van der Waals surface area contributed by atoms with E-state index in [0.717, 1.165) is 52.1 Å². The minimum atomic E-state index is -5.08. The van der Waals surface area contributed by atoms with Crippen molar-refractivity contribution in [3.63, 3.8) is 0 Å². The maximum absolute atomic E-state index is 13.2. The minimum Gasteiger partial charge on any atom is -0.475 e. The van der Waals surface area contributed by atoms with E-state index in [4.69, 9.17) is 24.8 Å². The van der Waals surface area contributed by atoms with Crippen LogP contribution in [0.5, 0.6) is 0 Å². The lowest BCUT2D eigenvalue weighted by atomic mass is 9.83. The van der Waals surface area contributed by atoms with Crippen molar-refractivity contribution in [3.05, 3.63) is 78.0 Å². The third-order valence-corrected chi connectivity index (χ3v) is 7.41. The van der Waals surface area contributed by atoms with Crippen molar-refractivity contribution in [2.75, 3.05) is 26.2 Å². The van der Waals surface area contributed by atoms with Crippen LogP contribution in [0.3, 0.4) is 0 Å². The number of fused-ring (bicyclic) bond motifs is 2. The van der Waals surface area contributed by atoms with Crippen LogP contribution in [0.1, 0.15) is 31.2 Å². The van der Waals surface area contributed by atoms with Crippen molar-refractivity contribution in [3.8, 4) is 11.3 Å². The fraction of sp³-hybridized carbons (Fsp3) is 0.414. The first-order valence-electron chi connectivity index (χ1n) is 13.5. The number of aliphatic carboxylic acids is 2. The predicted molar refractivity (Wildman–Crippen MR) is 145 cm³/mol. The normalized spacial score (nSPS) is 16.6. The van der Waals surface area contributed by atoms with E-state index in [1.165, 1.54) is 22.6 Å². The van der Waals surface area contributed by atoms with E-state index < -0.39 is 24.3 Å². The topological polar surface area (TPSA) is 98.9 Å². The lowest BCUT2D eigenvalue weighted by Crippen LogP contribution is -2.57. The first kappa shape index (κ1) is 34.5. The van der Waals surface area contributed by atoms with Crippen LogP contribution in [0, 0.1) is 5.82 Å². The quantitative estimate of drug-likeness (QED) is 0.352. The number of likely N-dealkylation sites (tertiary alicyclic amines) is 1. The molecule has 8 nitrogen and oxygen atoms in total. The van der Waals surface area contributed by atoms with E-state index >= 15 is 0 Å². The molecule has 3 heterocycles. The molecule has 2 N–H and O–H groups in total. The molecule has 1 saturated heterocycles. The first-order valence-corrected chi connectivity index (χ1v) is 13.5. The van der Waals surface area contributed by atoms with Gasteiger partial charge in [-0.3, -0.25) is 9.80 Å². The van der Waals surface area contributed by atoms with Gasteiger partial charge in [-0.05, 0) is 42.6 Å². The summed E-state index contributed by atoms with van der Waals surface area (Å²) in [5.74, 6) is -4.45. The zero-order chi connectivity index (χ0) is 32.7. The lowest BCUT2D eigenvalue weighted by Gasteiger charge is -2.51. The van der Waals surface area contributed by atoms with Crippen LogP contribution in [-0.2, 0) is 28.2 Å². The van der Waals surface area contributed by atoms with E-state index in [9.17, 15) is 30.7 Å². The molecule has 2 aliphatic rings. The van der Waals surface area contributed by atoms with Crippen LogP contribution in [0.15, 0.2) is 60.8 Å². The predicted octanol–water partition coefficient (Wildman–Crippen LogP) is 5.78. The Bertz CT molecular complexity index is 1360. The Kier molecular flexibility index (Phi) is 11.1. The van der Waals surface area contributed by atoms with E-state index in [0.29, 0.717) is 0 Å².